The van der Waals surface area contributed by atoms with Gasteiger partial charge in [-0.1, -0.05) is 68.1 Å². The second-order valence-corrected chi connectivity index (χ2v) is 13.7. The molecule has 0 unspecified atom stereocenters. The van der Waals surface area contributed by atoms with Crippen molar-refractivity contribution in [3.63, 3.8) is 0 Å². The number of aryl methyl sites for hydroxylation is 2. The third-order valence-electron chi connectivity index (χ3n) is 9.19. The summed E-state index contributed by atoms with van der Waals surface area (Å²) in [4.78, 5) is 33.2. The molecule has 2 fully saturated rings. The SMILES string of the molecule is Cc1nc(C)c([C@H](OC(C)(C)C)C(=O)O)c(N2CCC3(CCCCCC3)C2)c1-c1ccc(C(=O)NCc2ccccc2)cc1. The van der Waals surface area contributed by atoms with Gasteiger partial charge in [0.05, 0.1) is 11.3 Å². The van der Waals surface area contributed by atoms with Crippen molar-refractivity contribution in [2.24, 2.45) is 5.41 Å². The van der Waals surface area contributed by atoms with Gasteiger partial charge >= 0.3 is 5.97 Å². The third kappa shape index (κ3) is 7.15. The Bertz CT molecular complexity index is 1470. The van der Waals surface area contributed by atoms with Crippen LogP contribution in [0.5, 0.6) is 0 Å². The van der Waals surface area contributed by atoms with Crippen molar-refractivity contribution in [2.75, 3.05) is 18.0 Å². The Hall–Kier alpha value is -3.71. The number of aliphatic carboxylic acids is 1. The number of carboxylic acids is 1. The summed E-state index contributed by atoms with van der Waals surface area (Å²) >= 11 is 0. The number of anilines is 1. The number of hydrogen-bond acceptors (Lipinski definition) is 5. The van der Waals surface area contributed by atoms with Crippen molar-refractivity contribution in [2.45, 2.75) is 97.8 Å². The number of rotatable bonds is 8. The van der Waals surface area contributed by atoms with Crippen LogP contribution in [0.25, 0.3) is 11.1 Å². The van der Waals surface area contributed by atoms with Crippen LogP contribution in [0.4, 0.5) is 5.69 Å². The summed E-state index contributed by atoms with van der Waals surface area (Å²) in [5, 5.41) is 13.5. The fraction of sp³-hybridized carbons (Fsp3) is 0.486. The molecule has 2 heterocycles. The maximum atomic E-state index is 13.0. The Morgan fingerprint density at radius 2 is 1.61 bits per heavy atom. The van der Waals surface area contributed by atoms with Gasteiger partial charge in [-0.05, 0) is 82.6 Å². The Morgan fingerprint density at radius 1 is 0.955 bits per heavy atom. The van der Waals surface area contributed by atoms with Gasteiger partial charge < -0.3 is 20.1 Å². The number of carboxylic acid groups (broad SMARTS) is 1. The highest BCUT2D eigenvalue weighted by molar-refractivity contribution is 5.95. The van der Waals surface area contributed by atoms with Crippen LogP contribution in [0.3, 0.4) is 0 Å². The molecule has 2 aromatic carbocycles. The van der Waals surface area contributed by atoms with Crippen molar-refractivity contribution in [3.8, 4) is 11.1 Å². The molecule has 44 heavy (non-hydrogen) atoms. The average Bonchev–Trinajstić information content (AvgIpc) is 3.25. The summed E-state index contributed by atoms with van der Waals surface area (Å²) < 4.78 is 6.25. The van der Waals surface area contributed by atoms with Crippen LogP contribution in [0.2, 0.25) is 0 Å². The quantitative estimate of drug-likeness (QED) is 0.275. The van der Waals surface area contributed by atoms with Crippen molar-refractivity contribution in [1.82, 2.24) is 10.3 Å². The number of hydrogen-bond donors (Lipinski definition) is 2. The Morgan fingerprint density at radius 3 is 2.23 bits per heavy atom. The predicted molar refractivity (Wildman–Crippen MR) is 175 cm³/mol. The monoisotopic (exact) mass is 597 g/mol. The van der Waals surface area contributed by atoms with Crippen LogP contribution >= 0.6 is 0 Å². The van der Waals surface area contributed by atoms with Gasteiger partial charge in [0.25, 0.3) is 5.91 Å². The molecule has 1 spiro atoms. The molecule has 234 valence electrons. The summed E-state index contributed by atoms with van der Waals surface area (Å²) in [5.41, 5.74) is 6.07. The van der Waals surface area contributed by atoms with E-state index in [1.54, 1.807) is 0 Å². The van der Waals surface area contributed by atoms with Gasteiger partial charge in [0.2, 0.25) is 0 Å². The van der Waals surface area contributed by atoms with E-state index >= 15 is 0 Å². The molecule has 1 saturated carbocycles. The van der Waals surface area contributed by atoms with E-state index in [2.05, 4.69) is 10.2 Å². The Labute approximate surface area is 262 Å². The number of pyridine rings is 1. The first-order chi connectivity index (χ1) is 21.0. The average molecular weight is 598 g/mol. The molecule has 0 radical (unpaired) electrons. The lowest BCUT2D eigenvalue weighted by atomic mass is 9.80. The van der Waals surface area contributed by atoms with Crippen molar-refractivity contribution in [3.05, 3.63) is 82.7 Å². The van der Waals surface area contributed by atoms with Crippen LogP contribution < -0.4 is 10.2 Å². The zero-order valence-electron chi connectivity index (χ0n) is 26.9. The number of benzene rings is 2. The van der Waals surface area contributed by atoms with Crippen LogP contribution in [-0.4, -0.2) is 40.7 Å². The fourth-order valence-electron chi connectivity index (χ4n) is 7.10. The van der Waals surface area contributed by atoms with Crippen molar-refractivity contribution < 1.29 is 19.4 Å². The van der Waals surface area contributed by atoms with Crippen LogP contribution in [0.15, 0.2) is 54.6 Å². The van der Waals surface area contributed by atoms with E-state index < -0.39 is 17.7 Å². The Balaban J connectivity index is 1.56. The predicted octanol–water partition coefficient (Wildman–Crippen LogP) is 7.79. The molecule has 1 amide bonds. The lowest BCUT2D eigenvalue weighted by molar-refractivity contribution is -0.160. The summed E-state index contributed by atoms with van der Waals surface area (Å²) in [6, 6.07) is 17.5. The third-order valence-corrected chi connectivity index (χ3v) is 9.19. The van der Waals surface area contributed by atoms with Gasteiger partial charge in [0.15, 0.2) is 6.10 Å². The van der Waals surface area contributed by atoms with Gasteiger partial charge in [-0.2, -0.15) is 0 Å². The molecule has 1 aliphatic heterocycles. The molecule has 2 aliphatic rings. The maximum Gasteiger partial charge on any atom is 0.337 e. The van der Waals surface area contributed by atoms with Gasteiger partial charge in [-0.25, -0.2) is 4.79 Å². The van der Waals surface area contributed by atoms with E-state index in [-0.39, 0.29) is 11.3 Å². The highest BCUT2D eigenvalue weighted by atomic mass is 16.5. The van der Waals surface area contributed by atoms with Crippen LogP contribution in [0.1, 0.15) is 105 Å². The van der Waals surface area contributed by atoms with E-state index in [4.69, 9.17) is 9.72 Å². The molecule has 7 nitrogen and oxygen atoms in total. The largest absolute Gasteiger partial charge is 0.479 e. The molecular weight excluding hydrogens is 550 g/mol. The minimum atomic E-state index is -1.16. The van der Waals surface area contributed by atoms with E-state index in [1.807, 2.05) is 89.2 Å². The molecule has 1 aliphatic carbocycles. The molecule has 1 aromatic heterocycles. The molecule has 1 saturated heterocycles. The number of carbonyl (C=O) groups is 2. The number of ether oxygens (including phenoxy) is 1. The summed E-state index contributed by atoms with van der Waals surface area (Å²) in [6.45, 7) is 11.8. The molecular formula is C37H47N3O4. The van der Waals surface area contributed by atoms with E-state index in [1.165, 1.54) is 38.5 Å². The number of nitrogens with one attached hydrogen (secondary N) is 1. The molecule has 5 rings (SSSR count). The van der Waals surface area contributed by atoms with Crippen LogP contribution in [0, 0.1) is 19.3 Å². The molecule has 3 aromatic rings. The second-order valence-electron chi connectivity index (χ2n) is 13.7. The molecule has 7 heteroatoms. The normalized spacial score (nSPS) is 17.3. The van der Waals surface area contributed by atoms with Crippen molar-refractivity contribution in [1.29, 1.82) is 0 Å². The summed E-state index contributed by atoms with van der Waals surface area (Å²) in [5.74, 6) is -1.16. The fourth-order valence-corrected chi connectivity index (χ4v) is 7.10. The highest BCUT2D eigenvalue weighted by Crippen LogP contribution is 2.49. The van der Waals surface area contributed by atoms with E-state index in [0.717, 1.165) is 47.6 Å². The van der Waals surface area contributed by atoms with Gasteiger partial charge in [0.1, 0.15) is 0 Å². The number of nitrogens with zero attached hydrogens (tertiary/aromatic N) is 2. The zero-order chi connectivity index (χ0) is 31.5. The summed E-state index contributed by atoms with van der Waals surface area (Å²) in [6.07, 6.45) is 7.45. The molecule has 0 bridgehead atoms. The minimum absolute atomic E-state index is 0.139. The van der Waals surface area contributed by atoms with E-state index in [0.29, 0.717) is 23.4 Å². The van der Waals surface area contributed by atoms with Gasteiger partial charge in [0, 0.05) is 47.7 Å². The van der Waals surface area contributed by atoms with E-state index in [9.17, 15) is 14.7 Å². The first-order valence-corrected chi connectivity index (χ1v) is 16.1. The smallest absolute Gasteiger partial charge is 0.337 e. The maximum absolute atomic E-state index is 13.0. The number of carbonyl (C=O) groups excluding carboxylic acids is 1. The van der Waals surface area contributed by atoms with Gasteiger partial charge in [-0.3, -0.25) is 9.78 Å². The first-order valence-electron chi connectivity index (χ1n) is 16.1. The zero-order valence-corrected chi connectivity index (χ0v) is 26.9. The number of aromatic nitrogens is 1. The minimum Gasteiger partial charge on any atom is -0.479 e. The molecule has 2 N–H and O–H groups in total. The topological polar surface area (TPSA) is 91.8 Å². The first kappa shape index (κ1) is 31.7. The highest BCUT2D eigenvalue weighted by Gasteiger charge is 2.42. The number of amides is 1. The van der Waals surface area contributed by atoms with Crippen molar-refractivity contribution >= 4 is 17.6 Å². The Kier molecular flexibility index (Phi) is 9.45. The summed E-state index contributed by atoms with van der Waals surface area (Å²) in [7, 11) is 0. The van der Waals surface area contributed by atoms with Crippen LogP contribution in [-0.2, 0) is 16.1 Å². The lowest BCUT2D eigenvalue weighted by Gasteiger charge is -2.34. The standard InChI is InChI=1S/C37H47N3O4/c1-25-30(28-15-17-29(18-16-28)34(41)38-23-27-13-9-8-10-14-27)32(40-22-21-37(24-40)19-11-6-7-12-20-37)31(26(2)39-25)33(35(42)43)44-36(3,4)5/h8-10,13-18,33H,6-7,11-12,19-24H2,1-5H3,(H,38,41)(H,42,43)/t33-/m0/s1. The second kappa shape index (κ2) is 13.1. The lowest BCUT2D eigenvalue weighted by Crippen LogP contribution is -2.32. The van der Waals surface area contributed by atoms with Gasteiger partial charge in [-0.15, -0.1) is 0 Å². The molecule has 1 atom stereocenters.